The quantitative estimate of drug-likeness (QED) is 0.803. The summed E-state index contributed by atoms with van der Waals surface area (Å²) in [6.45, 7) is 2.78. The van der Waals surface area contributed by atoms with Gasteiger partial charge in [-0.15, -0.1) is 0 Å². The van der Waals surface area contributed by atoms with E-state index in [1.54, 1.807) is 14.2 Å². The Morgan fingerprint density at radius 1 is 1.06 bits per heavy atom. The highest BCUT2D eigenvalue weighted by Crippen LogP contribution is 2.31. The molecule has 0 fully saturated rings. The van der Waals surface area contributed by atoms with Crippen molar-refractivity contribution in [1.82, 2.24) is 0 Å². The zero-order valence-corrected chi connectivity index (χ0v) is 10.4. The third-order valence-electron chi connectivity index (χ3n) is 2.60. The lowest BCUT2D eigenvalue weighted by Crippen LogP contribution is -2.05. The Balaban J connectivity index is 3.14. The van der Waals surface area contributed by atoms with E-state index in [1.165, 1.54) is 0 Å². The summed E-state index contributed by atoms with van der Waals surface area (Å²) in [5.74, 6) is 1.81. The largest absolute Gasteiger partial charge is 0.496 e. The Morgan fingerprint density at radius 3 is 2.00 bits per heavy atom. The summed E-state index contributed by atoms with van der Waals surface area (Å²) in [6, 6.07) is 4.11. The first-order valence-corrected chi connectivity index (χ1v) is 5.70. The molecule has 0 unspecified atom stereocenters. The molecule has 0 aromatic heterocycles. The maximum Gasteiger partial charge on any atom is 0.126 e. The number of benzene rings is 1. The van der Waals surface area contributed by atoms with E-state index in [2.05, 4.69) is 19.1 Å². The molecule has 0 aliphatic rings. The lowest BCUT2D eigenvalue weighted by Gasteiger charge is -2.14. The van der Waals surface area contributed by atoms with Gasteiger partial charge in [-0.1, -0.05) is 13.3 Å². The van der Waals surface area contributed by atoms with Gasteiger partial charge in [0.05, 0.1) is 14.2 Å². The Morgan fingerprint density at radius 2 is 1.62 bits per heavy atom. The summed E-state index contributed by atoms with van der Waals surface area (Å²) >= 11 is 0. The van der Waals surface area contributed by atoms with Gasteiger partial charge in [0.2, 0.25) is 0 Å². The molecule has 0 spiro atoms. The first kappa shape index (κ1) is 12.8. The summed E-state index contributed by atoms with van der Waals surface area (Å²) in [5, 5.41) is 0. The SMILES string of the molecule is CCCc1c(OC)cc(CCN)cc1OC. The normalized spacial score (nSPS) is 10.2. The van der Waals surface area contributed by atoms with Gasteiger partial charge in [0.1, 0.15) is 11.5 Å². The van der Waals surface area contributed by atoms with Crippen LogP contribution in [0.1, 0.15) is 24.5 Å². The Hall–Kier alpha value is -1.22. The third kappa shape index (κ3) is 2.89. The fourth-order valence-electron chi connectivity index (χ4n) is 1.85. The zero-order chi connectivity index (χ0) is 12.0. The molecule has 1 aromatic rings. The topological polar surface area (TPSA) is 44.5 Å². The van der Waals surface area contributed by atoms with Crippen LogP contribution in [0.3, 0.4) is 0 Å². The van der Waals surface area contributed by atoms with Crippen molar-refractivity contribution in [3.63, 3.8) is 0 Å². The van der Waals surface area contributed by atoms with Crippen LogP contribution >= 0.6 is 0 Å². The molecule has 0 bridgehead atoms. The van der Waals surface area contributed by atoms with Crippen LogP contribution in [0.4, 0.5) is 0 Å². The number of ether oxygens (including phenoxy) is 2. The predicted molar refractivity (Wildman–Crippen MR) is 66.3 cm³/mol. The third-order valence-corrected chi connectivity index (χ3v) is 2.60. The second-order valence-corrected chi connectivity index (χ2v) is 3.77. The van der Waals surface area contributed by atoms with Crippen molar-refractivity contribution in [3.05, 3.63) is 23.3 Å². The van der Waals surface area contributed by atoms with Gasteiger partial charge in [0.15, 0.2) is 0 Å². The van der Waals surface area contributed by atoms with E-state index in [1.807, 2.05) is 0 Å². The highest BCUT2D eigenvalue weighted by molar-refractivity contribution is 5.48. The molecular weight excluding hydrogens is 202 g/mol. The van der Waals surface area contributed by atoms with Gasteiger partial charge in [0.25, 0.3) is 0 Å². The fourth-order valence-corrected chi connectivity index (χ4v) is 1.85. The van der Waals surface area contributed by atoms with Gasteiger partial charge in [-0.2, -0.15) is 0 Å². The van der Waals surface area contributed by atoms with Gasteiger partial charge in [-0.25, -0.2) is 0 Å². The fraction of sp³-hybridized carbons (Fsp3) is 0.538. The summed E-state index contributed by atoms with van der Waals surface area (Å²) < 4.78 is 10.8. The van der Waals surface area contributed by atoms with E-state index >= 15 is 0 Å². The molecule has 2 N–H and O–H groups in total. The maximum absolute atomic E-state index is 5.56. The lowest BCUT2D eigenvalue weighted by molar-refractivity contribution is 0.384. The Labute approximate surface area is 97.6 Å². The lowest BCUT2D eigenvalue weighted by atomic mass is 10.0. The summed E-state index contributed by atoms with van der Waals surface area (Å²) in [7, 11) is 3.39. The van der Waals surface area contributed by atoms with E-state index in [4.69, 9.17) is 15.2 Å². The smallest absolute Gasteiger partial charge is 0.126 e. The van der Waals surface area contributed by atoms with E-state index < -0.39 is 0 Å². The standard InChI is InChI=1S/C13H21NO2/c1-4-5-11-12(15-2)8-10(6-7-14)9-13(11)16-3/h8-9H,4-7,14H2,1-3H3. The molecule has 0 radical (unpaired) electrons. The van der Waals surface area contributed by atoms with Crippen molar-refractivity contribution >= 4 is 0 Å². The molecule has 0 heterocycles. The average Bonchev–Trinajstić information content (AvgIpc) is 2.31. The number of rotatable bonds is 6. The summed E-state index contributed by atoms with van der Waals surface area (Å²) in [5.41, 5.74) is 7.87. The number of nitrogens with two attached hydrogens (primary N) is 1. The monoisotopic (exact) mass is 223 g/mol. The molecule has 0 amide bonds. The van der Waals surface area contributed by atoms with Crippen LogP contribution in [0.25, 0.3) is 0 Å². The molecule has 0 aliphatic heterocycles. The minimum absolute atomic E-state index is 0.638. The molecule has 16 heavy (non-hydrogen) atoms. The molecule has 3 nitrogen and oxygen atoms in total. The van der Waals surface area contributed by atoms with Gasteiger partial charge < -0.3 is 15.2 Å². The minimum atomic E-state index is 0.638. The summed E-state index contributed by atoms with van der Waals surface area (Å²) in [4.78, 5) is 0. The predicted octanol–water partition coefficient (Wildman–Crippen LogP) is 2.16. The van der Waals surface area contributed by atoms with Crippen LogP contribution in [-0.4, -0.2) is 20.8 Å². The van der Waals surface area contributed by atoms with Crippen molar-refractivity contribution in [2.24, 2.45) is 5.73 Å². The van der Waals surface area contributed by atoms with Crippen LogP contribution in [0, 0.1) is 0 Å². The number of hydrogen-bond acceptors (Lipinski definition) is 3. The molecule has 0 aliphatic carbocycles. The molecule has 90 valence electrons. The highest BCUT2D eigenvalue weighted by atomic mass is 16.5. The van der Waals surface area contributed by atoms with Crippen LogP contribution in [-0.2, 0) is 12.8 Å². The molecule has 0 saturated carbocycles. The van der Waals surface area contributed by atoms with Crippen molar-refractivity contribution in [3.8, 4) is 11.5 Å². The van der Waals surface area contributed by atoms with Crippen LogP contribution in [0.2, 0.25) is 0 Å². The van der Waals surface area contributed by atoms with Crippen LogP contribution < -0.4 is 15.2 Å². The van der Waals surface area contributed by atoms with Crippen molar-refractivity contribution in [2.45, 2.75) is 26.2 Å². The minimum Gasteiger partial charge on any atom is -0.496 e. The van der Waals surface area contributed by atoms with Gasteiger partial charge >= 0.3 is 0 Å². The van der Waals surface area contributed by atoms with E-state index in [-0.39, 0.29) is 0 Å². The van der Waals surface area contributed by atoms with Crippen molar-refractivity contribution < 1.29 is 9.47 Å². The summed E-state index contributed by atoms with van der Waals surface area (Å²) in [6.07, 6.45) is 2.89. The maximum atomic E-state index is 5.56. The van der Waals surface area contributed by atoms with Crippen LogP contribution in [0.15, 0.2) is 12.1 Å². The highest BCUT2D eigenvalue weighted by Gasteiger charge is 2.11. The average molecular weight is 223 g/mol. The number of hydrogen-bond donors (Lipinski definition) is 1. The van der Waals surface area contributed by atoms with E-state index in [0.29, 0.717) is 6.54 Å². The van der Waals surface area contributed by atoms with E-state index in [0.717, 1.165) is 41.9 Å². The van der Waals surface area contributed by atoms with Crippen molar-refractivity contribution in [1.29, 1.82) is 0 Å². The second-order valence-electron chi connectivity index (χ2n) is 3.77. The molecule has 0 saturated heterocycles. The van der Waals surface area contributed by atoms with Gasteiger partial charge in [0, 0.05) is 5.56 Å². The first-order chi connectivity index (χ1) is 7.76. The van der Waals surface area contributed by atoms with Gasteiger partial charge in [-0.3, -0.25) is 0 Å². The Kier molecular flexibility index (Phi) is 5.12. The van der Waals surface area contributed by atoms with Crippen LogP contribution in [0.5, 0.6) is 11.5 Å². The molecule has 0 atom stereocenters. The van der Waals surface area contributed by atoms with Crippen molar-refractivity contribution in [2.75, 3.05) is 20.8 Å². The Bertz CT molecular complexity index is 312. The second kappa shape index (κ2) is 6.38. The zero-order valence-electron chi connectivity index (χ0n) is 10.4. The molecule has 3 heteroatoms. The van der Waals surface area contributed by atoms with E-state index in [9.17, 15) is 0 Å². The molecular formula is C13H21NO2. The number of methoxy groups -OCH3 is 2. The molecule has 1 rings (SSSR count). The molecule has 1 aromatic carbocycles. The first-order valence-electron chi connectivity index (χ1n) is 5.70. The van der Waals surface area contributed by atoms with Gasteiger partial charge in [-0.05, 0) is 37.1 Å².